The molecular weight excluding hydrogens is 222 g/mol. The second kappa shape index (κ2) is 6.59. The Morgan fingerprint density at radius 1 is 1.47 bits per heavy atom. The molecule has 1 fully saturated rings. The molecule has 0 spiro atoms. The van der Waals surface area contributed by atoms with Crippen molar-refractivity contribution < 1.29 is 19.4 Å². The van der Waals surface area contributed by atoms with Gasteiger partial charge in [-0.25, -0.2) is 0 Å². The predicted octanol–water partition coefficient (Wildman–Crippen LogP) is 1.12. The largest absolute Gasteiger partial charge is 0.480 e. The molecule has 5 nitrogen and oxygen atoms in total. The third-order valence-electron chi connectivity index (χ3n) is 3.02. The lowest BCUT2D eigenvalue weighted by Crippen LogP contribution is -2.37. The van der Waals surface area contributed by atoms with E-state index in [1.165, 1.54) is 4.90 Å². The molecule has 1 saturated carbocycles. The van der Waals surface area contributed by atoms with E-state index in [9.17, 15) is 9.59 Å². The monoisotopic (exact) mass is 243 g/mol. The fourth-order valence-electron chi connectivity index (χ4n) is 1.63. The molecule has 0 aromatic carbocycles. The average Bonchev–Trinajstić information content (AvgIpc) is 3.07. The van der Waals surface area contributed by atoms with Crippen LogP contribution in [0.25, 0.3) is 0 Å². The highest BCUT2D eigenvalue weighted by molar-refractivity contribution is 5.81. The van der Waals surface area contributed by atoms with E-state index in [0.29, 0.717) is 25.3 Å². The summed E-state index contributed by atoms with van der Waals surface area (Å²) in [6, 6.07) is 0. The quantitative estimate of drug-likeness (QED) is 0.694. The number of methoxy groups -OCH3 is 1. The summed E-state index contributed by atoms with van der Waals surface area (Å²) >= 11 is 0. The van der Waals surface area contributed by atoms with Gasteiger partial charge in [-0.2, -0.15) is 0 Å². The van der Waals surface area contributed by atoms with Gasteiger partial charge in [-0.15, -0.1) is 0 Å². The number of carboxylic acids is 1. The van der Waals surface area contributed by atoms with E-state index in [0.717, 1.165) is 12.8 Å². The summed E-state index contributed by atoms with van der Waals surface area (Å²) in [6.07, 6.45) is 3.24. The van der Waals surface area contributed by atoms with E-state index in [1.807, 2.05) is 6.92 Å². The van der Waals surface area contributed by atoms with Crippen molar-refractivity contribution in [3.8, 4) is 0 Å². The molecule has 1 amide bonds. The van der Waals surface area contributed by atoms with E-state index in [1.54, 1.807) is 7.11 Å². The molecule has 1 unspecified atom stereocenters. The van der Waals surface area contributed by atoms with Crippen LogP contribution in [0.3, 0.4) is 0 Å². The van der Waals surface area contributed by atoms with Crippen molar-refractivity contribution in [2.75, 3.05) is 20.2 Å². The lowest BCUT2D eigenvalue weighted by Gasteiger charge is -2.21. The maximum atomic E-state index is 11.9. The van der Waals surface area contributed by atoms with Crippen LogP contribution in [-0.2, 0) is 14.3 Å². The van der Waals surface area contributed by atoms with E-state index in [4.69, 9.17) is 9.84 Å². The smallest absolute Gasteiger partial charge is 0.323 e. The van der Waals surface area contributed by atoms with E-state index in [2.05, 4.69) is 0 Å². The predicted molar refractivity (Wildman–Crippen MR) is 62.6 cm³/mol. The van der Waals surface area contributed by atoms with Crippen LogP contribution in [0.1, 0.15) is 32.6 Å². The summed E-state index contributed by atoms with van der Waals surface area (Å²) in [5.74, 6) is -0.514. The number of hydrogen-bond donors (Lipinski definition) is 1. The Morgan fingerprint density at radius 3 is 2.59 bits per heavy atom. The normalized spacial score (nSPS) is 16.6. The van der Waals surface area contributed by atoms with Crippen molar-refractivity contribution in [2.24, 2.45) is 5.92 Å². The molecule has 0 saturated heterocycles. The van der Waals surface area contributed by atoms with Crippen LogP contribution in [-0.4, -0.2) is 48.2 Å². The van der Waals surface area contributed by atoms with Gasteiger partial charge in [0, 0.05) is 20.1 Å². The Bertz CT molecular complexity index is 276. The molecule has 17 heavy (non-hydrogen) atoms. The minimum absolute atomic E-state index is 0.0338. The summed E-state index contributed by atoms with van der Waals surface area (Å²) < 4.78 is 5.07. The number of nitrogens with zero attached hydrogens (tertiary/aromatic N) is 1. The first-order chi connectivity index (χ1) is 8.02. The highest BCUT2D eigenvalue weighted by Crippen LogP contribution is 2.29. The minimum Gasteiger partial charge on any atom is -0.480 e. The highest BCUT2D eigenvalue weighted by atomic mass is 16.5. The van der Waals surface area contributed by atoms with Gasteiger partial charge in [0.1, 0.15) is 6.54 Å². The maximum absolute atomic E-state index is 11.9. The zero-order chi connectivity index (χ0) is 12.8. The van der Waals surface area contributed by atoms with Gasteiger partial charge in [-0.05, 0) is 32.1 Å². The molecule has 0 radical (unpaired) electrons. The van der Waals surface area contributed by atoms with Crippen LogP contribution >= 0.6 is 0 Å². The fraction of sp³-hybridized carbons (Fsp3) is 0.833. The molecule has 0 bridgehead atoms. The Labute approximate surface area is 102 Å². The molecule has 1 aliphatic carbocycles. The summed E-state index contributed by atoms with van der Waals surface area (Å²) in [6.45, 7) is 2.30. The number of carboxylic acid groups (broad SMARTS) is 1. The number of hydrogen-bond acceptors (Lipinski definition) is 3. The van der Waals surface area contributed by atoms with Gasteiger partial charge in [0.2, 0.25) is 5.91 Å². The SMILES string of the molecule is COC(C)CCC(=O)N(CC(=O)O)CC1CC1. The first-order valence-electron chi connectivity index (χ1n) is 6.05. The molecule has 0 aromatic heterocycles. The Balaban J connectivity index is 2.37. The summed E-state index contributed by atoms with van der Waals surface area (Å²) in [5, 5.41) is 8.77. The van der Waals surface area contributed by atoms with Crippen molar-refractivity contribution in [3.05, 3.63) is 0 Å². The summed E-state index contributed by atoms with van der Waals surface area (Å²) in [5.41, 5.74) is 0. The van der Waals surface area contributed by atoms with Crippen LogP contribution in [0, 0.1) is 5.92 Å². The Morgan fingerprint density at radius 2 is 2.12 bits per heavy atom. The Hall–Kier alpha value is -1.10. The second-order valence-corrected chi connectivity index (χ2v) is 4.70. The molecule has 98 valence electrons. The Kier molecular flexibility index (Phi) is 5.41. The van der Waals surface area contributed by atoms with E-state index < -0.39 is 5.97 Å². The van der Waals surface area contributed by atoms with E-state index in [-0.39, 0.29) is 18.6 Å². The number of carbonyl (C=O) groups excluding carboxylic acids is 1. The van der Waals surface area contributed by atoms with E-state index >= 15 is 0 Å². The fourth-order valence-corrected chi connectivity index (χ4v) is 1.63. The standard InChI is InChI=1S/C12H21NO4/c1-9(17-2)3-6-11(14)13(8-12(15)16)7-10-4-5-10/h9-10H,3-8H2,1-2H3,(H,15,16). The third-order valence-corrected chi connectivity index (χ3v) is 3.02. The molecule has 0 aromatic rings. The van der Waals surface area contributed by atoms with Crippen molar-refractivity contribution >= 4 is 11.9 Å². The molecule has 1 N–H and O–H groups in total. The summed E-state index contributed by atoms with van der Waals surface area (Å²) in [7, 11) is 1.61. The third kappa shape index (κ3) is 5.68. The zero-order valence-corrected chi connectivity index (χ0v) is 10.5. The van der Waals surface area contributed by atoms with Crippen molar-refractivity contribution in [1.29, 1.82) is 0 Å². The van der Waals surface area contributed by atoms with Crippen LogP contribution in [0.5, 0.6) is 0 Å². The number of ether oxygens (including phenoxy) is 1. The molecule has 1 atom stereocenters. The first kappa shape index (κ1) is 14.0. The maximum Gasteiger partial charge on any atom is 0.323 e. The number of aliphatic carboxylic acids is 1. The van der Waals surface area contributed by atoms with Gasteiger partial charge < -0.3 is 14.7 Å². The number of rotatable bonds is 8. The van der Waals surface area contributed by atoms with Crippen LogP contribution in [0.4, 0.5) is 0 Å². The minimum atomic E-state index is -0.946. The molecular formula is C12H21NO4. The van der Waals surface area contributed by atoms with Gasteiger partial charge >= 0.3 is 5.97 Å². The van der Waals surface area contributed by atoms with Crippen LogP contribution in [0.2, 0.25) is 0 Å². The van der Waals surface area contributed by atoms with Crippen LogP contribution in [0.15, 0.2) is 0 Å². The molecule has 1 rings (SSSR count). The molecule has 1 aliphatic rings. The lowest BCUT2D eigenvalue weighted by molar-refractivity contribution is -0.144. The number of amides is 1. The van der Waals surface area contributed by atoms with Gasteiger partial charge in [-0.3, -0.25) is 9.59 Å². The molecule has 5 heteroatoms. The van der Waals surface area contributed by atoms with Gasteiger partial charge in [-0.1, -0.05) is 0 Å². The first-order valence-corrected chi connectivity index (χ1v) is 6.05. The van der Waals surface area contributed by atoms with Crippen molar-refractivity contribution in [1.82, 2.24) is 4.90 Å². The highest BCUT2D eigenvalue weighted by Gasteiger charge is 2.27. The van der Waals surface area contributed by atoms with Crippen molar-refractivity contribution in [2.45, 2.75) is 38.7 Å². The lowest BCUT2D eigenvalue weighted by atomic mass is 10.2. The summed E-state index contributed by atoms with van der Waals surface area (Å²) in [4.78, 5) is 24.0. The van der Waals surface area contributed by atoms with Gasteiger partial charge in [0.05, 0.1) is 6.10 Å². The van der Waals surface area contributed by atoms with Crippen molar-refractivity contribution in [3.63, 3.8) is 0 Å². The molecule has 0 heterocycles. The topological polar surface area (TPSA) is 66.8 Å². The van der Waals surface area contributed by atoms with Gasteiger partial charge in [0.15, 0.2) is 0 Å². The van der Waals surface area contributed by atoms with Crippen LogP contribution < -0.4 is 0 Å². The zero-order valence-electron chi connectivity index (χ0n) is 10.5. The van der Waals surface area contributed by atoms with Gasteiger partial charge in [0.25, 0.3) is 0 Å². The second-order valence-electron chi connectivity index (χ2n) is 4.70. The molecule has 0 aliphatic heterocycles. The average molecular weight is 243 g/mol. The number of carbonyl (C=O) groups is 2.